The summed E-state index contributed by atoms with van der Waals surface area (Å²) in [5.74, 6) is 0.679. The highest BCUT2D eigenvalue weighted by Gasteiger charge is 2.39. The van der Waals surface area contributed by atoms with E-state index < -0.39 is 0 Å². The second kappa shape index (κ2) is 4.29. The highest BCUT2D eigenvalue weighted by atomic mass is 16.2. The molecule has 0 aromatic rings. The summed E-state index contributed by atoms with van der Waals surface area (Å²) in [5.41, 5.74) is 0. The summed E-state index contributed by atoms with van der Waals surface area (Å²) < 4.78 is 0. The molecule has 5 nitrogen and oxygen atoms in total. The van der Waals surface area contributed by atoms with Crippen molar-refractivity contribution < 1.29 is 9.59 Å². The Morgan fingerprint density at radius 2 is 2.24 bits per heavy atom. The van der Waals surface area contributed by atoms with Crippen LogP contribution < -0.4 is 10.6 Å². The second-order valence-electron chi connectivity index (χ2n) is 5.41. The first-order chi connectivity index (χ1) is 8.24. The van der Waals surface area contributed by atoms with Crippen LogP contribution in [0.5, 0.6) is 0 Å². The molecule has 2 N–H and O–H groups in total. The van der Waals surface area contributed by atoms with Gasteiger partial charge >= 0.3 is 0 Å². The van der Waals surface area contributed by atoms with Crippen LogP contribution in [0.3, 0.4) is 0 Å². The Kier molecular flexibility index (Phi) is 2.78. The molecule has 3 rings (SSSR count). The van der Waals surface area contributed by atoms with Gasteiger partial charge in [-0.1, -0.05) is 0 Å². The Bertz CT molecular complexity index is 331. The van der Waals surface area contributed by atoms with E-state index in [0.29, 0.717) is 24.9 Å². The van der Waals surface area contributed by atoms with Crippen LogP contribution in [0.4, 0.5) is 0 Å². The zero-order valence-electron chi connectivity index (χ0n) is 9.95. The van der Waals surface area contributed by atoms with Gasteiger partial charge in [0.05, 0.1) is 5.92 Å². The van der Waals surface area contributed by atoms with Gasteiger partial charge in [0.1, 0.15) is 0 Å². The lowest BCUT2D eigenvalue weighted by Crippen LogP contribution is -2.41. The minimum atomic E-state index is -0.123. The van der Waals surface area contributed by atoms with Crippen LogP contribution in [0.15, 0.2) is 0 Å². The Morgan fingerprint density at radius 1 is 1.35 bits per heavy atom. The summed E-state index contributed by atoms with van der Waals surface area (Å²) in [6.07, 6.45) is 2.81. The summed E-state index contributed by atoms with van der Waals surface area (Å²) in [6.45, 7) is 3.30. The quantitative estimate of drug-likeness (QED) is 0.636. The molecule has 0 aromatic carbocycles. The van der Waals surface area contributed by atoms with E-state index in [2.05, 4.69) is 10.6 Å². The number of hydrogen-bond acceptors (Lipinski definition) is 3. The molecule has 2 amide bonds. The maximum atomic E-state index is 12.2. The summed E-state index contributed by atoms with van der Waals surface area (Å²) in [5, 5.41) is 6.22. The maximum absolute atomic E-state index is 12.2. The lowest BCUT2D eigenvalue weighted by Gasteiger charge is -2.24. The van der Waals surface area contributed by atoms with E-state index in [1.165, 1.54) is 12.8 Å². The van der Waals surface area contributed by atoms with Crippen molar-refractivity contribution in [3.8, 4) is 0 Å². The van der Waals surface area contributed by atoms with Gasteiger partial charge in [-0.2, -0.15) is 0 Å². The predicted octanol–water partition coefficient (Wildman–Crippen LogP) is -0.667. The van der Waals surface area contributed by atoms with Gasteiger partial charge in [0, 0.05) is 32.1 Å². The van der Waals surface area contributed by atoms with Gasteiger partial charge in [-0.25, -0.2) is 0 Å². The number of nitrogens with zero attached hydrogens (tertiary/aromatic N) is 1. The summed E-state index contributed by atoms with van der Waals surface area (Å²) in [6, 6.07) is 0.484. The monoisotopic (exact) mass is 237 g/mol. The molecule has 3 aliphatic heterocycles. The molecule has 3 unspecified atom stereocenters. The SMILES string of the molecule is O=C1CC(C(=O)N2CC3CCCNC3C2)CN1. The van der Waals surface area contributed by atoms with Crippen LogP contribution in [0.25, 0.3) is 0 Å². The van der Waals surface area contributed by atoms with Crippen LogP contribution >= 0.6 is 0 Å². The zero-order valence-corrected chi connectivity index (χ0v) is 9.95. The molecule has 0 saturated carbocycles. The third-order valence-electron chi connectivity index (χ3n) is 4.24. The largest absolute Gasteiger partial charge is 0.355 e. The summed E-state index contributed by atoms with van der Waals surface area (Å²) in [7, 11) is 0. The van der Waals surface area contributed by atoms with Gasteiger partial charge < -0.3 is 15.5 Å². The highest BCUT2D eigenvalue weighted by molar-refractivity contribution is 5.89. The predicted molar refractivity (Wildman–Crippen MR) is 62.2 cm³/mol. The van der Waals surface area contributed by atoms with Gasteiger partial charge in [0.15, 0.2) is 0 Å². The average molecular weight is 237 g/mol. The molecule has 0 aliphatic carbocycles. The van der Waals surface area contributed by atoms with Gasteiger partial charge in [0.2, 0.25) is 11.8 Å². The third kappa shape index (κ3) is 2.04. The fourth-order valence-corrected chi connectivity index (χ4v) is 3.26. The first kappa shape index (κ1) is 11.0. The van der Waals surface area contributed by atoms with E-state index in [1.807, 2.05) is 4.90 Å². The molecule has 3 saturated heterocycles. The molecule has 0 bridgehead atoms. The number of nitrogens with one attached hydrogen (secondary N) is 2. The number of hydrogen-bond donors (Lipinski definition) is 2. The number of rotatable bonds is 1. The second-order valence-corrected chi connectivity index (χ2v) is 5.41. The Hall–Kier alpha value is -1.10. The first-order valence-electron chi connectivity index (χ1n) is 6.53. The first-order valence-corrected chi connectivity index (χ1v) is 6.53. The number of piperidine rings is 1. The van der Waals surface area contributed by atoms with E-state index in [0.717, 1.165) is 19.6 Å². The van der Waals surface area contributed by atoms with Crippen molar-refractivity contribution in [2.45, 2.75) is 25.3 Å². The fourth-order valence-electron chi connectivity index (χ4n) is 3.26. The van der Waals surface area contributed by atoms with E-state index in [4.69, 9.17) is 0 Å². The number of amides is 2. The molecular weight excluding hydrogens is 218 g/mol. The highest BCUT2D eigenvalue weighted by Crippen LogP contribution is 2.26. The fraction of sp³-hybridized carbons (Fsp3) is 0.833. The molecule has 3 fully saturated rings. The van der Waals surface area contributed by atoms with Gasteiger partial charge in [-0.3, -0.25) is 9.59 Å². The van der Waals surface area contributed by atoms with Crippen molar-refractivity contribution in [1.29, 1.82) is 0 Å². The van der Waals surface area contributed by atoms with Crippen LogP contribution in [0, 0.1) is 11.8 Å². The van der Waals surface area contributed by atoms with Crippen molar-refractivity contribution in [3.63, 3.8) is 0 Å². The number of carbonyl (C=O) groups excluding carboxylic acids is 2. The number of carbonyl (C=O) groups is 2. The zero-order chi connectivity index (χ0) is 11.8. The van der Waals surface area contributed by atoms with E-state index >= 15 is 0 Å². The molecule has 3 aliphatic rings. The van der Waals surface area contributed by atoms with Crippen molar-refractivity contribution in [2.75, 3.05) is 26.2 Å². The van der Waals surface area contributed by atoms with Gasteiger partial charge in [-0.05, 0) is 25.3 Å². The van der Waals surface area contributed by atoms with E-state index in [-0.39, 0.29) is 17.7 Å². The van der Waals surface area contributed by atoms with Crippen LogP contribution in [0.2, 0.25) is 0 Å². The molecular formula is C12H19N3O2. The van der Waals surface area contributed by atoms with Crippen molar-refractivity contribution in [1.82, 2.24) is 15.5 Å². The number of fused-ring (bicyclic) bond motifs is 1. The molecule has 5 heteroatoms. The molecule has 3 atom stereocenters. The third-order valence-corrected chi connectivity index (χ3v) is 4.24. The minimum Gasteiger partial charge on any atom is -0.355 e. The summed E-state index contributed by atoms with van der Waals surface area (Å²) in [4.78, 5) is 25.3. The normalized spacial score (nSPS) is 36.8. The van der Waals surface area contributed by atoms with Gasteiger partial charge in [-0.15, -0.1) is 0 Å². The molecule has 3 heterocycles. The molecule has 94 valence electrons. The Labute approximate surface area is 101 Å². The molecule has 0 radical (unpaired) electrons. The van der Waals surface area contributed by atoms with Crippen molar-refractivity contribution >= 4 is 11.8 Å². The number of likely N-dealkylation sites (tertiary alicyclic amines) is 1. The van der Waals surface area contributed by atoms with E-state index in [1.54, 1.807) is 0 Å². The Morgan fingerprint density at radius 3 is 2.94 bits per heavy atom. The minimum absolute atomic E-state index is 0.0121. The summed E-state index contributed by atoms with van der Waals surface area (Å²) >= 11 is 0. The Balaban J connectivity index is 1.62. The standard InChI is InChI=1S/C12H19N3O2/c16-11-4-9(5-14-11)12(17)15-6-8-2-1-3-13-10(8)7-15/h8-10,13H,1-7H2,(H,14,16). The lowest BCUT2D eigenvalue weighted by molar-refractivity contribution is -0.135. The molecule has 0 spiro atoms. The van der Waals surface area contributed by atoms with E-state index in [9.17, 15) is 9.59 Å². The van der Waals surface area contributed by atoms with Gasteiger partial charge in [0.25, 0.3) is 0 Å². The molecule has 0 aromatic heterocycles. The smallest absolute Gasteiger partial charge is 0.228 e. The van der Waals surface area contributed by atoms with Crippen LogP contribution in [-0.4, -0.2) is 48.9 Å². The maximum Gasteiger partial charge on any atom is 0.228 e. The lowest BCUT2D eigenvalue weighted by atomic mass is 9.94. The van der Waals surface area contributed by atoms with Crippen LogP contribution in [0.1, 0.15) is 19.3 Å². The van der Waals surface area contributed by atoms with Crippen LogP contribution in [-0.2, 0) is 9.59 Å². The van der Waals surface area contributed by atoms with Crippen molar-refractivity contribution in [2.24, 2.45) is 11.8 Å². The average Bonchev–Trinajstić information content (AvgIpc) is 2.93. The topological polar surface area (TPSA) is 61.4 Å². The molecule has 17 heavy (non-hydrogen) atoms. The van der Waals surface area contributed by atoms with Crippen molar-refractivity contribution in [3.05, 3.63) is 0 Å².